The lowest BCUT2D eigenvalue weighted by Gasteiger charge is -2.40. The number of aliphatic hydroxyl groups excluding tert-OH is 7. The number of rotatable bonds is 42. The molecule has 9 atom stereocenters. The molecule has 1 rings (SSSR count). The van der Waals surface area contributed by atoms with Gasteiger partial charge in [-0.25, -0.2) is 0 Å². The highest BCUT2D eigenvalue weighted by Gasteiger charge is 2.44. The van der Waals surface area contributed by atoms with Crippen molar-refractivity contribution in [3.63, 3.8) is 0 Å². The van der Waals surface area contributed by atoms with Gasteiger partial charge in [0.2, 0.25) is 5.91 Å². The molecule has 0 bridgehead atoms. The molecule has 11 heteroatoms. The van der Waals surface area contributed by atoms with E-state index in [0.29, 0.717) is 12.8 Å². The minimum Gasteiger partial charge on any atom is -0.394 e. The summed E-state index contributed by atoms with van der Waals surface area (Å²) in [6, 6.07) is -1.18. The first-order valence-electron chi connectivity index (χ1n) is 25.4. The van der Waals surface area contributed by atoms with Gasteiger partial charge < -0.3 is 50.5 Å². The first-order valence-corrected chi connectivity index (χ1v) is 25.4. The minimum absolute atomic E-state index is 0.250. The van der Waals surface area contributed by atoms with Gasteiger partial charge in [-0.05, 0) is 70.6 Å². The van der Waals surface area contributed by atoms with Crippen LogP contribution in [0, 0.1) is 0 Å². The third-order valence-corrected chi connectivity index (χ3v) is 12.2. The summed E-state index contributed by atoms with van der Waals surface area (Å²) in [5, 5.41) is 75.5. The Bertz CT molecular complexity index is 1100. The molecule has 62 heavy (non-hydrogen) atoms. The molecule has 0 aromatic carbocycles. The number of ether oxygens (including phenoxy) is 2. The average molecular weight is 882 g/mol. The van der Waals surface area contributed by atoms with E-state index in [1.807, 2.05) is 0 Å². The van der Waals surface area contributed by atoms with Crippen molar-refractivity contribution in [3.05, 3.63) is 36.5 Å². The van der Waals surface area contributed by atoms with E-state index in [0.717, 1.165) is 51.4 Å². The van der Waals surface area contributed by atoms with Gasteiger partial charge in [-0.3, -0.25) is 4.79 Å². The van der Waals surface area contributed by atoms with Crippen LogP contribution in [-0.2, 0) is 14.3 Å². The normalized spacial score (nSPS) is 21.6. The number of amides is 1. The molecule has 364 valence electrons. The van der Waals surface area contributed by atoms with Crippen LogP contribution in [0.5, 0.6) is 0 Å². The standard InChI is InChI=1S/C51H95NO10/c1-3-5-7-9-11-13-14-15-16-17-18-19-20-21-22-23-24-25-26-27-28-29-31-33-35-37-39-44(55)50(60)52-42(41-61-51-49(59)48(58)47(57)45(40-53)62-51)46(56)43(54)38-36-34-32-30-12-10-8-6-4-2/h18-19,21-22,30,32,42-49,51,53-59H,3-17,20,23-29,31,33-41H2,1-2H3,(H,52,60)/b19-18-,22-21-,32-30+. The number of hydrogen-bond donors (Lipinski definition) is 8. The maximum atomic E-state index is 13.1. The van der Waals surface area contributed by atoms with Crippen LogP contribution in [0.2, 0.25) is 0 Å². The Balaban J connectivity index is 2.29. The zero-order chi connectivity index (χ0) is 45.5. The topological polar surface area (TPSA) is 189 Å². The molecule has 1 amide bonds. The fourth-order valence-corrected chi connectivity index (χ4v) is 7.94. The molecule has 8 N–H and O–H groups in total. The number of hydrogen-bond acceptors (Lipinski definition) is 10. The van der Waals surface area contributed by atoms with Crippen LogP contribution in [0.15, 0.2) is 36.5 Å². The highest BCUT2D eigenvalue weighted by molar-refractivity contribution is 5.80. The van der Waals surface area contributed by atoms with E-state index in [-0.39, 0.29) is 12.8 Å². The molecule has 1 fully saturated rings. The Hall–Kier alpha value is -1.67. The van der Waals surface area contributed by atoms with Crippen LogP contribution < -0.4 is 5.32 Å². The zero-order valence-electron chi connectivity index (χ0n) is 39.4. The van der Waals surface area contributed by atoms with Gasteiger partial charge in [-0.15, -0.1) is 0 Å². The number of carbonyl (C=O) groups is 1. The largest absolute Gasteiger partial charge is 0.394 e. The smallest absolute Gasteiger partial charge is 0.249 e. The first-order chi connectivity index (χ1) is 30.2. The summed E-state index contributed by atoms with van der Waals surface area (Å²) in [5.74, 6) is -0.712. The fraction of sp³-hybridized carbons (Fsp3) is 0.863. The Morgan fingerprint density at radius 2 is 1.00 bits per heavy atom. The summed E-state index contributed by atoms with van der Waals surface area (Å²) in [6.07, 6.45) is 36.5. The van der Waals surface area contributed by atoms with Crippen molar-refractivity contribution in [2.75, 3.05) is 13.2 Å². The SMILES string of the molecule is CCCCCC/C=C/CCCC(O)C(O)C(COC1OC(CO)C(O)C(O)C1O)NC(=O)C(O)CCCCCCCCCCCC/C=C\C/C=C\CCCCCCCCCCC. The zero-order valence-corrected chi connectivity index (χ0v) is 39.4. The summed E-state index contributed by atoms with van der Waals surface area (Å²) in [4.78, 5) is 13.1. The molecule has 11 nitrogen and oxygen atoms in total. The summed E-state index contributed by atoms with van der Waals surface area (Å²) in [7, 11) is 0. The van der Waals surface area contributed by atoms with Crippen molar-refractivity contribution in [1.29, 1.82) is 0 Å². The van der Waals surface area contributed by atoms with Crippen molar-refractivity contribution in [2.45, 2.75) is 268 Å². The first kappa shape index (κ1) is 58.3. The minimum atomic E-state index is -1.67. The molecule has 0 spiro atoms. The lowest BCUT2D eigenvalue weighted by atomic mass is 9.98. The molecule has 9 unspecified atom stereocenters. The van der Waals surface area contributed by atoms with E-state index in [1.54, 1.807) is 0 Å². The van der Waals surface area contributed by atoms with Crippen molar-refractivity contribution in [2.24, 2.45) is 0 Å². The second-order valence-corrected chi connectivity index (χ2v) is 17.9. The van der Waals surface area contributed by atoms with Crippen LogP contribution in [-0.4, -0.2) is 110 Å². The summed E-state index contributed by atoms with van der Waals surface area (Å²) < 4.78 is 11.1. The number of unbranched alkanes of at least 4 members (excludes halogenated alkanes) is 24. The molecule has 0 aromatic rings. The van der Waals surface area contributed by atoms with E-state index >= 15 is 0 Å². The predicted octanol–water partition coefficient (Wildman–Crippen LogP) is 9.17. The van der Waals surface area contributed by atoms with Crippen LogP contribution in [0.1, 0.15) is 213 Å². The molecule has 0 radical (unpaired) electrons. The number of aliphatic hydroxyl groups is 7. The highest BCUT2D eigenvalue weighted by Crippen LogP contribution is 2.23. The molecule has 0 saturated carbocycles. The number of allylic oxidation sites excluding steroid dienone is 6. The van der Waals surface area contributed by atoms with Gasteiger partial charge in [0.15, 0.2) is 6.29 Å². The van der Waals surface area contributed by atoms with Gasteiger partial charge in [0, 0.05) is 0 Å². The molecule has 0 aromatic heterocycles. The second kappa shape index (κ2) is 40.8. The molecule has 1 aliphatic rings. The maximum Gasteiger partial charge on any atom is 0.249 e. The van der Waals surface area contributed by atoms with E-state index < -0.39 is 74.2 Å². The summed E-state index contributed by atoms with van der Waals surface area (Å²) in [6.45, 7) is 3.38. The van der Waals surface area contributed by atoms with Crippen molar-refractivity contribution in [3.8, 4) is 0 Å². The monoisotopic (exact) mass is 882 g/mol. The average Bonchev–Trinajstić information content (AvgIpc) is 3.27. The molecule has 1 aliphatic heterocycles. The maximum absolute atomic E-state index is 13.1. The highest BCUT2D eigenvalue weighted by atomic mass is 16.7. The summed E-state index contributed by atoms with van der Waals surface area (Å²) in [5.41, 5.74) is 0. The van der Waals surface area contributed by atoms with Crippen molar-refractivity contribution >= 4 is 5.91 Å². The lowest BCUT2D eigenvalue weighted by molar-refractivity contribution is -0.303. The third-order valence-electron chi connectivity index (χ3n) is 12.2. The van der Waals surface area contributed by atoms with Crippen molar-refractivity contribution < 1.29 is 50.0 Å². The van der Waals surface area contributed by atoms with Crippen LogP contribution in [0.25, 0.3) is 0 Å². The Morgan fingerprint density at radius 3 is 1.50 bits per heavy atom. The van der Waals surface area contributed by atoms with Gasteiger partial charge in [-0.2, -0.15) is 0 Å². The van der Waals surface area contributed by atoms with E-state index in [2.05, 4.69) is 55.6 Å². The van der Waals surface area contributed by atoms with Gasteiger partial charge in [0.05, 0.1) is 25.4 Å². The van der Waals surface area contributed by atoms with E-state index in [4.69, 9.17) is 9.47 Å². The van der Waals surface area contributed by atoms with Gasteiger partial charge in [0.1, 0.15) is 36.6 Å². The van der Waals surface area contributed by atoms with Crippen LogP contribution in [0.3, 0.4) is 0 Å². The van der Waals surface area contributed by atoms with Gasteiger partial charge >= 0.3 is 0 Å². The molecular formula is C51H95NO10. The molecule has 1 saturated heterocycles. The fourth-order valence-electron chi connectivity index (χ4n) is 7.94. The van der Waals surface area contributed by atoms with Crippen LogP contribution >= 0.6 is 0 Å². The van der Waals surface area contributed by atoms with Gasteiger partial charge in [0.25, 0.3) is 0 Å². The van der Waals surface area contributed by atoms with Crippen LogP contribution in [0.4, 0.5) is 0 Å². The number of carbonyl (C=O) groups excluding carboxylic acids is 1. The van der Waals surface area contributed by atoms with E-state index in [1.165, 1.54) is 122 Å². The lowest BCUT2D eigenvalue weighted by Crippen LogP contribution is -2.60. The molecule has 0 aliphatic carbocycles. The number of nitrogens with one attached hydrogen (secondary N) is 1. The van der Waals surface area contributed by atoms with Gasteiger partial charge in [-0.1, -0.05) is 179 Å². The Kier molecular flexibility index (Phi) is 38.4. The predicted molar refractivity (Wildman–Crippen MR) is 252 cm³/mol. The van der Waals surface area contributed by atoms with Crippen molar-refractivity contribution in [1.82, 2.24) is 5.32 Å². The quantitative estimate of drug-likeness (QED) is 0.0217. The molecular weight excluding hydrogens is 787 g/mol. The second-order valence-electron chi connectivity index (χ2n) is 17.9. The molecule has 1 heterocycles. The summed E-state index contributed by atoms with van der Waals surface area (Å²) >= 11 is 0. The van der Waals surface area contributed by atoms with E-state index in [9.17, 15) is 40.5 Å². The third kappa shape index (κ3) is 29.7. The Labute approximate surface area is 377 Å². The Morgan fingerprint density at radius 1 is 0.565 bits per heavy atom.